The molecule has 0 spiro atoms. The van der Waals surface area contributed by atoms with Gasteiger partial charge in [-0.15, -0.1) is 0 Å². The zero-order chi connectivity index (χ0) is 11.6. The lowest BCUT2D eigenvalue weighted by molar-refractivity contribution is -0.138. The molecule has 2 N–H and O–H groups in total. The number of hydrogen-bond acceptors (Lipinski definition) is 5. The first kappa shape index (κ1) is 12.5. The number of rotatable bonds is 2. The van der Waals surface area contributed by atoms with Crippen LogP contribution in [0.1, 0.15) is 19.3 Å². The van der Waals surface area contributed by atoms with Crippen LogP contribution in [0.25, 0.3) is 0 Å². The Kier molecular flexibility index (Phi) is 6.02. The summed E-state index contributed by atoms with van der Waals surface area (Å²) in [5.74, 6) is -0.306. The summed E-state index contributed by atoms with van der Waals surface area (Å²) < 4.78 is 0. The van der Waals surface area contributed by atoms with Gasteiger partial charge in [-0.2, -0.15) is 0 Å². The lowest BCUT2D eigenvalue weighted by Gasteiger charge is -2.20. The third-order valence-electron chi connectivity index (χ3n) is 2.26. The second-order valence-electron chi connectivity index (χ2n) is 3.60. The molecular weight excluding hydrogens is 208 g/mol. The molecule has 1 aliphatic rings. The second kappa shape index (κ2) is 7.70. The van der Waals surface area contributed by atoms with Crippen molar-refractivity contribution in [1.29, 1.82) is 0 Å². The van der Waals surface area contributed by atoms with Crippen molar-refractivity contribution < 1.29 is 9.90 Å². The number of hydrogen-bond donors (Lipinski definition) is 2. The maximum atomic E-state index is 10.2. The van der Waals surface area contributed by atoms with E-state index >= 15 is 0 Å². The number of piperidine rings is 1. The predicted octanol–water partition coefficient (Wildman–Crippen LogP) is 0.332. The fourth-order valence-electron chi connectivity index (χ4n) is 1.55. The van der Waals surface area contributed by atoms with Gasteiger partial charge in [-0.05, 0) is 31.8 Å². The highest BCUT2D eigenvalue weighted by Crippen LogP contribution is 2.13. The fraction of sp³-hybridized carbons (Fsp3) is 0.600. The number of aromatic nitrogens is 3. The molecule has 1 aliphatic heterocycles. The Morgan fingerprint density at radius 2 is 1.94 bits per heavy atom. The number of carbonyl (C=O) groups is 1. The Bertz CT molecular complexity index is 261. The van der Waals surface area contributed by atoms with Crippen LogP contribution in [0.5, 0.6) is 0 Å². The van der Waals surface area contributed by atoms with Crippen LogP contribution in [-0.2, 0) is 4.79 Å². The van der Waals surface area contributed by atoms with Crippen LogP contribution in [0.3, 0.4) is 0 Å². The molecule has 0 aromatic carbocycles. The summed E-state index contributed by atoms with van der Waals surface area (Å²) in [7, 11) is 0. The molecule has 1 saturated heterocycles. The van der Waals surface area contributed by atoms with Gasteiger partial charge >= 0.3 is 5.97 Å². The third kappa shape index (κ3) is 6.02. The summed E-state index contributed by atoms with van der Waals surface area (Å²) in [4.78, 5) is 20.9. The minimum atomic E-state index is -0.672. The summed E-state index contributed by atoms with van der Waals surface area (Å²) in [6.45, 7) is 1.93. The quantitative estimate of drug-likeness (QED) is 0.752. The molecule has 1 aromatic rings. The largest absolute Gasteiger partial charge is 0.481 e. The van der Waals surface area contributed by atoms with Crippen molar-refractivity contribution in [2.75, 3.05) is 13.1 Å². The Labute approximate surface area is 94.2 Å². The first-order valence-corrected chi connectivity index (χ1v) is 5.26. The average molecular weight is 224 g/mol. The van der Waals surface area contributed by atoms with E-state index in [1.54, 1.807) is 0 Å². The summed E-state index contributed by atoms with van der Waals surface area (Å²) in [6, 6.07) is 0. The highest BCUT2D eigenvalue weighted by atomic mass is 16.4. The monoisotopic (exact) mass is 224 g/mol. The topological polar surface area (TPSA) is 88.0 Å². The lowest BCUT2D eigenvalue weighted by Crippen LogP contribution is -2.30. The van der Waals surface area contributed by atoms with Gasteiger partial charge in [0.25, 0.3) is 0 Å². The van der Waals surface area contributed by atoms with Crippen molar-refractivity contribution in [2.45, 2.75) is 19.3 Å². The molecule has 1 aromatic heterocycles. The van der Waals surface area contributed by atoms with Crippen molar-refractivity contribution in [3.8, 4) is 0 Å². The van der Waals surface area contributed by atoms with Gasteiger partial charge in [-0.3, -0.25) is 4.79 Å². The molecule has 0 bridgehead atoms. The number of aliphatic carboxylic acids is 1. The van der Waals surface area contributed by atoms with Crippen LogP contribution in [0, 0.1) is 5.92 Å². The van der Waals surface area contributed by atoms with Crippen LogP contribution in [0.4, 0.5) is 0 Å². The highest BCUT2D eigenvalue weighted by molar-refractivity contribution is 5.67. The summed E-state index contributed by atoms with van der Waals surface area (Å²) in [5, 5.41) is 11.6. The third-order valence-corrected chi connectivity index (χ3v) is 2.26. The molecule has 6 nitrogen and oxygen atoms in total. The van der Waals surface area contributed by atoms with Gasteiger partial charge in [0.1, 0.15) is 19.0 Å². The van der Waals surface area contributed by atoms with Crippen LogP contribution in [0.15, 0.2) is 19.0 Å². The minimum absolute atomic E-state index is 0.326. The van der Waals surface area contributed by atoms with Crippen molar-refractivity contribution in [3.05, 3.63) is 19.0 Å². The zero-order valence-corrected chi connectivity index (χ0v) is 9.04. The number of carboxylic acid groups (broad SMARTS) is 1. The SMILES string of the molecule is O=C(O)CC1CCCNC1.c1ncncn1. The Morgan fingerprint density at radius 3 is 2.31 bits per heavy atom. The van der Waals surface area contributed by atoms with Gasteiger partial charge in [-0.1, -0.05) is 0 Å². The van der Waals surface area contributed by atoms with E-state index in [0.29, 0.717) is 12.3 Å². The zero-order valence-electron chi connectivity index (χ0n) is 9.04. The maximum absolute atomic E-state index is 10.2. The molecule has 1 fully saturated rings. The summed E-state index contributed by atoms with van der Waals surface area (Å²) >= 11 is 0. The standard InChI is InChI=1S/C7H13NO2.C3H3N3/c9-7(10)4-6-2-1-3-8-5-6;1-4-2-6-3-5-1/h6,8H,1-5H2,(H,9,10);1-3H. The van der Waals surface area contributed by atoms with Crippen molar-refractivity contribution in [1.82, 2.24) is 20.3 Å². The first-order valence-electron chi connectivity index (χ1n) is 5.26. The average Bonchev–Trinajstić information content (AvgIpc) is 2.32. The van der Waals surface area contributed by atoms with Gasteiger partial charge in [0, 0.05) is 6.42 Å². The van der Waals surface area contributed by atoms with Crippen molar-refractivity contribution >= 4 is 5.97 Å². The van der Waals surface area contributed by atoms with E-state index in [9.17, 15) is 4.79 Å². The predicted molar refractivity (Wildman–Crippen MR) is 57.7 cm³/mol. The van der Waals surface area contributed by atoms with Crippen molar-refractivity contribution in [3.63, 3.8) is 0 Å². The number of nitrogens with zero attached hydrogens (tertiary/aromatic N) is 3. The molecule has 0 saturated carbocycles. The number of carboxylic acids is 1. The molecule has 2 heterocycles. The van der Waals surface area contributed by atoms with Gasteiger partial charge in [0.2, 0.25) is 0 Å². The minimum Gasteiger partial charge on any atom is -0.481 e. The molecule has 1 unspecified atom stereocenters. The van der Waals surface area contributed by atoms with Gasteiger partial charge in [0.15, 0.2) is 0 Å². The molecule has 88 valence electrons. The highest BCUT2D eigenvalue weighted by Gasteiger charge is 2.15. The van der Waals surface area contributed by atoms with E-state index in [4.69, 9.17) is 5.11 Å². The van der Waals surface area contributed by atoms with E-state index in [1.165, 1.54) is 19.0 Å². The summed E-state index contributed by atoms with van der Waals surface area (Å²) in [6.07, 6.45) is 6.83. The molecule has 0 radical (unpaired) electrons. The van der Waals surface area contributed by atoms with Gasteiger partial charge in [-0.25, -0.2) is 15.0 Å². The molecule has 0 amide bonds. The molecular formula is C10H16N4O2. The first-order chi connectivity index (χ1) is 7.79. The molecule has 2 rings (SSSR count). The molecule has 6 heteroatoms. The molecule has 1 atom stereocenters. The van der Waals surface area contributed by atoms with E-state index in [-0.39, 0.29) is 0 Å². The van der Waals surface area contributed by atoms with E-state index in [1.807, 2.05) is 0 Å². The van der Waals surface area contributed by atoms with Crippen molar-refractivity contribution in [2.24, 2.45) is 5.92 Å². The smallest absolute Gasteiger partial charge is 0.303 e. The number of nitrogens with one attached hydrogen (secondary N) is 1. The Morgan fingerprint density at radius 1 is 1.31 bits per heavy atom. The second-order valence-corrected chi connectivity index (χ2v) is 3.60. The van der Waals surface area contributed by atoms with E-state index in [2.05, 4.69) is 20.3 Å². The van der Waals surface area contributed by atoms with Crippen LogP contribution >= 0.6 is 0 Å². The lowest BCUT2D eigenvalue weighted by atomic mass is 9.96. The van der Waals surface area contributed by atoms with E-state index < -0.39 is 5.97 Å². The Balaban J connectivity index is 0.000000181. The van der Waals surface area contributed by atoms with E-state index in [0.717, 1.165) is 25.9 Å². The summed E-state index contributed by atoms with van der Waals surface area (Å²) in [5.41, 5.74) is 0. The molecule has 0 aliphatic carbocycles. The van der Waals surface area contributed by atoms with Crippen LogP contribution < -0.4 is 5.32 Å². The fourth-order valence-corrected chi connectivity index (χ4v) is 1.55. The molecule has 16 heavy (non-hydrogen) atoms. The maximum Gasteiger partial charge on any atom is 0.303 e. The van der Waals surface area contributed by atoms with Gasteiger partial charge in [0.05, 0.1) is 0 Å². The Hall–Kier alpha value is -1.56. The van der Waals surface area contributed by atoms with Crippen LogP contribution in [-0.4, -0.2) is 39.1 Å². The van der Waals surface area contributed by atoms with Gasteiger partial charge < -0.3 is 10.4 Å². The normalized spacial score (nSPS) is 19.4. The van der Waals surface area contributed by atoms with Crippen LogP contribution in [0.2, 0.25) is 0 Å².